The molecule has 7 heteroatoms. The maximum atomic E-state index is 12.2. The molecule has 2 aromatic rings. The van der Waals surface area contributed by atoms with E-state index >= 15 is 0 Å². The maximum Gasteiger partial charge on any atom is 0.269 e. The Bertz CT molecular complexity index is 625. The van der Waals surface area contributed by atoms with Crippen molar-refractivity contribution in [1.29, 1.82) is 0 Å². The van der Waals surface area contributed by atoms with Gasteiger partial charge < -0.3 is 15.8 Å². The third-order valence-corrected chi connectivity index (χ3v) is 3.49. The van der Waals surface area contributed by atoms with E-state index in [0.717, 1.165) is 11.5 Å². The lowest BCUT2D eigenvalue weighted by atomic mass is 10.1. The van der Waals surface area contributed by atoms with Crippen molar-refractivity contribution >= 4 is 28.8 Å². The number of nitrogens with two attached hydrogens (primary N) is 1. The molecule has 20 heavy (non-hydrogen) atoms. The van der Waals surface area contributed by atoms with Crippen LogP contribution < -0.4 is 15.8 Å². The zero-order valence-corrected chi connectivity index (χ0v) is 12.3. The highest BCUT2D eigenvalue weighted by Crippen LogP contribution is 2.26. The van der Waals surface area contributed by atoms with Gasteiger partial charge in [-0.1, -0.05) is 18.3 Å². The number of carbonyl (C=O) groups is 1. The van der Waals surface area contributed by atoms with Gasteiger partial charge in [0.2, 0.25) is 0 Å². The summed E-state index contributed by atoms with van der Waals surface area (Å²) in [6, 6.07) is 5.09. The minimum atomic E-state index is -0.228. The summed E-state index contributed by atoms with van der Waals surface area (Å²) >= 11 is 1.09. The molecule has 0 aliphatic heterocycles. The van der Waals surface area contributed by atoms with E-state index < -0.39 is 0 Å². The molecule has 0 saturated carbocycles. The van der Waals surface area contributed by atoms with Gasteiger partial charge >= 0.3 is 0 Å². The SMILES string of the molecule is COc1ccc(NC(=O)c2snnc2C(C)C)cc1N. The minimum Gasteiger partial charge on any atom is -0.495 e. The summed E-state index contributed by atoms with van der Waals surface area (Å²) in [6.07, 6.45) is 0. The number of anilines is 2. The second-order valence-electron chi connectivity index (χ2n) is 4.55. The van der Waals surface area contributed by atoms with Crippen molar-refractivity contribution < 1.29 is 9.53 Å². The van der Waals surface area contributed by atoms with Crippen molar-refractivity contribution in [2.45, 2.75) is 19.8 Å². The number of hydrogen-bond donors (Lipinski definition) is 2. The van der Waals surface area contributed by atoms with Crippen molar-refractivity contribution in [2.24, 2.45) is 0 Å². The van der Waals surface area contributed by atoms with Crippen molar-refractivity contribution in [3.8, 4) is 5.75 Å². The van der Waals surface area contributed by atoms with E-state index in [-0.39, 0.29) is 11.8 Å². The number of nitrogen functional groups attached to an aromatic ring is 1. The topological polar surface area (TPSA) is 90.1 Å². The molecule has 0 spiro atoms. The first-order chi connectivity index (χ1) is 9.52. The van der Waals surface area contributed by atoms with Gasteiger partial charge in [-0.3, -0.25) is 4.79 Å². The number of hydrogen-bond acceptors (Lipinski definition) is 6. The van der Waals surface area contributed by atoms with Crippen molar-refractivity contribution in [3.63, 3.8) is 0 Å². The summed E-state index contributed by atoms with van der Waals surface area (Å²) in [5.41, 5.74) is 7.59. The van der Waals surface area contributed by atoms with Crippen molar-refractivity contribution in [3.05, 3.63) is 28.8 Å². The fraction of sp³-hybridized carbons (Fsp3) is 0.308. The lowest BCUT2D eigenvalue weighted by molar-refractivity contribution is 0.102. The Hall–Kier alpha value is -2.15. The van der Waals surface area contributed by atoms with Crippen LogP contribution in [-0.2, 0) is 0 Å². The third kappa shape index (κ3) is 2.88. The van der Waals surface area contributed by atoms with Crippen molar-refractivity contribution in [2.75, 3.05) is 18.2 Å². The fourth-order valence-corrected chi connectivity index (χ4v) is 2.45. The number of benzene rings is 1. The van der Waals surface area contributed by atoms with Crippen LogP contribution in [-0.4, -0.2) is 22.6 Å². The van der Waals surface area contributed by atoms with Gasteiger partial charge in [0, 0.05) is 5.69 Å². The first kappa shape index (κ1) is 14.3. The fourth-order valence-electron chi connectivity index (χ4n) is 1.73. The molecule has 2 rings (SSSR count). The highest BCUT2D eigenvalue weighted by molar-refractivity contribution is 7.08. The number of nitrogens with zero attached hydrogens (tertiary/aromatic N) is 2. The van der Waals surface area contributed by atoms with Crippen LogP contribution in [0.15, 0.2) is 18.2 Å². The maximum absolute atomic E-state index is 12.2. The van der Waals surface area contributed by atoms with E-state index in [1.807, 2.05) is 13.8 Å². The third-order valence-electron chi connectivity index (χ3n) is 2.75. The smallest absolute Gasteiger partial charge is 0.269 e. The molecule has 0 aliphatic rings. The van der Waals surface area contributed by atoms with Crippen LogP contribution in [0.1, 0.15) is 35.1 Å². The van der Waals surface area contributed by atoms with Gasteiger partial charge in [-0.05, 0) is 35.6 Å². The van der Waals surface area contributed by atoms with E-state index in [2.05, 4.69) is 14.9 Å². The molecule has 106 valence electrons. The molecule has 0 aliphatic carbocycles. The predicted octanol–water partition coefficient (Wildman–Crippen LogP) is 2.50. The second kappa shape index (κ2) is 5.87. The van der Waals surface area contributed by atoms with E-state index in [1.165, 1.54) is 0 Å². The average Bonchev–Trinajstić information content (AvgIpc) is 2.88. The minimum absolute atomic E-state index is 0.149. The average molecular weight is 292 g/mol. The Labute approximate surface area is 121 Å². The summed E-state index contributed by atoms with van der Waals surface area (Å²) in [4.78, 5) is 12.7. The zero-order valence-electron chi connectivity index (χ0n) is 11.5. The molecule has 1 amide bonds. The molecule has 3 N–H and O–H groups in total. The Kier molecular flexibility index (Phi) is 4.19. The highest BCUT2D eigenvalue weighted by atomic mass is 32.1. The van der Waals surface area contributed by atoms with Crippen LogP contribution in [0.5, 0.6) is 5.75 Å². The Morgan fingerprint density at radius 3 is 2.80 bits per heavy atom. The molecule has 1 aromatic heterocycles. The molecule has 0 unspecified atom stereocenters. The quantitative estimate of drug-likeness (QED) is 0.845. The second-order valence-corrected chi connectivity index (χ2v) is 5.31. The summed E-state index contributed by atoms with van der Waals surface area (Å²) in [6.45, 7) is 3.94. The monoisotopic (exact) mass is 292 g/mol. The summed E-state index contributed by atoms with van der Waals surface area (Å²) in [7, 11) is 1.54. The van der Waals surface area contributed by atoms with Crippen LogP contribution in [0.2, 0.25) is 0 Å². The standard InChI is InChI=1S/C13H16N4O2S/c1-7(2)11-12(20-17-16-11)13(18)15-8-4-5-10(19-3)9(14)6-8/h4-7H,14H2,1-3H3,(H,15,18). The van der Waals surface area contributed by atoms with E-state index in [4.69, 9.17) is 10.5 Å². The number of amides is 1. The van der Waals surface area contributed by atoms with Crippen LogP contribution in [0.4, 0.5) is 11.4 Å². The van der Waals surface area contributed by atoms with E-state index in [1.54, 1.807) is 25.3 Å². The molecule has 6 nitrogen and oxygen atoms in total. The molecule has 0 atom stereocenters. The molecule has 0 saturated heterocycles. The van der Waals surface area contributed by atoms with Gasteiger partial charge in [0.1, 0.15) is 10.6 Å². The van der Waals surface area contributed by atoms with Gasteiger partial charge in [0.25, 0.3) is 5.91 Å². The molecule has 1 aromatic carbocycles. The summed E-state index contributed by atoms with van der Waals surface area (Å²) < 4.78 is 8.91. The van der Waals surface area contributed by atoms with Crippen LogP contribution in [0.3, 0.4) is 0 Å². The lowest BCUT2D eigenvalue weighted by Crippen LogP contribution is -2.13. The van der Waals surface area contributed by atoms with Gasteiger partial charge in [-0.25, -0.2) is 0 Å². The highest BCUT2D eigenvalue weighted by Gasteiger charge is 2.18. The van der Waals surface area contributed by atoms with Gasteiger partial charge in [0.15, 0.2) is 0 Å². The van der Waals surface area contributed by atoms with E-state index in [9.17, 15) is 4.79 Å². The van der Waals surface area contributed by atoms with Crippen LogP contribution in [0.25, 0.3) is 0 Å². The number of aromatic nitrogens is 2. The van der Waals surface area contributed by atoms with Gasteiger partial charge in [-0.15, -0.1) is 5.10 Å². The Morgan fingerprint density at radius 2 is 2.20 bits per heavy atom. The Morgan fingerprint density at radius 1 is 1.45 bits per heavy atom. The Balaban J connectivity index is 2.19. The number of carbonyl (C=O) groups excluding carboxylic acids is 1. The molecule has 1 heterocycles. The normalized spacial score (nSPS) is 10.6. The summed E-state index contributed by atoms with van der Waals surface area (Å²) in [5.74, 6) is 0.494. The van der Waals surface area contributed by atoms with Gasteiger partial charge in [-0.2, -0.15) is 0 Å². The van der Waals surface area contributed by atoms with Gasteiger partial charge in [0.05, 0.1) is 18.5 Å². The predicted molar refractivity (Wildman–Crippen MR) is 79.4 cm³/mol. The zero-order chi connectivity index (χ0) is 14.7. The first-order valence-electron chi connectivity index (χ1n) is 6.10. The lowest BCUT2D eigenvalue weighted by Gasteiger charge is -2.09. The molecular formula is C13H16N4O2S. The van der Waals surface area contributed by atoms with Crippen LogP contribution >= 0.6 is 11.5 Å². The molecule has 0 radical (unpaired) electrons. The number of rotatable bonds is 4. The molecular weight excluding hydrogens is 276 g/mol. The first-order valence-corrected chi connectivity index (χ1v) is 6.87. The van der Waals surface area contributed by atoms with E-state index in [0.29, 0.717) is 27.7 Å². The number of methoxy groups -OCH3 is 1. The molecule has 0 fully saturated rings. The molecule has 0 bridgehead atoms. The largest absolute Gasteiger partial charge is 0.495 e. The number of ether oxygens (including phenoxy) is 1. The summed E-state index contributed by atoms with van der Waals surface area (Å²) in [5, 5.41) is 6.77. The van der Waals surface area contributed by atoms with Crippen LogP contribution in [0, 0.1) is 0 Å². The van der Waals surface area contributed by atoms with Crippen molar-refractivity contribution in [1.82, 2.24) is 9.59 Å². The number of nitrogens with one attached hydrogen (secondary N) is 1.